The van der Waals surface area contributed by atoms with Crippen LogP contribution in [0.25, 0.3) is 0 Å². The van der Waals surface area contributed by atoms with Crippen molar-refractivity contribution in [3.8, 4) is 0 Å². The molecule has 1 aromatic carbocycles. The summed E-state index contributed by atoms with van der Waals surface area (Å²) in [7, 11) is 1.75. The van der Waals surface area contributed by atoms with Crippen LogP contribution in [-0.4, -0.2) is 45.1 Å². The molecule has 1 aliphatic heterocycles. The van der Waals surface area contributed by atoms with Crippen LogP contribution >= 0.6 is 0 Å². The van der Waals surface area contributed by atoms with Crippen LogP contribution in [0.15, 0.2) is 48.8 Å². The SMILES string of the molecule is Cc1ccc(C(NC(=O)c2cc3n(n2)CCN(C)C3=O)c2cccnc2)cc1C. The zero-order valence-electron chi connectivity index (χ0n) is 16.7. The lowest BCUT2D eigenvalue weighted by atomic mass is 9.96. The van der Waals surface area contributed by atoms with Crippen LogP contribution in [-0.2, 0) is 6.54 Å². The molecular weight excluding hydrogens is 366 g/mol. The number of likely N-dealkylation sites (N-methyl/N-ethyl adjacent to an activating group) is 1. The van der Waals surface area contributed by atoms with Gasteiger partial charge in [0.25, 0.3) is 11.8 Å². The molecule has 3 heterocycles. The summed E-state index contributed by atoms with van der Waals surface area (Å²) in [5.41, 5.74) is 4.86. The van der Waals surface area contributed by atoms with Crippen molar-refractivity contribution in [1.82, 2.24) is 25.0 Å². The molecule has 148 valence electrons. The molecule has 0 radical (unpaired) electrons. The summed E-state index contributed by atoms with van der Waals surface area (Å²) in [5, 5.41) is 7.42. The number of nitrogens with one attached hydrogen (secondary N) is 1. The molecule has 0 saturated carbocycles. The van der Waals surface area contributed by atoms with Crippen LogP contribution in [0.4, 0.5) is 0 Å². The molecule has 3 aromatic rings. The molecule has 29 heavy (non-hydrogen) atoms. The van der Waals surface area contributed by atoms with Crippen molar-refractivity contribution in [3.63, 3.8) is 0 Å². The highest BCUT2D eigenvalue weighted by molar-refractivity contribution is 5.98. The van der Waals surface area contributed by atoms with Gasteiger partial charge in [0.05, 0.1) is 12.6 Å². The van der Waals surface area contributed by atoms with Crippen molar-refractivity contribution in [2.24, 2.45) is 0 Å². The van der Waals surface area contributed by atoms with E-state index in [1.54, 1.807) is 35.1 Å². The number of aryl methyl sites for hydroxylation is 2. The van der Waals surface area contributed by atoms with Crippen LogP contribution in [0, 0.1) is 13.8 Å². The van der Waals surface area contributed by atoms with Gasteiger partial charge in [0.2, 0.25) is 0 Å². The lowest BCUT2D eigenvalue weighted by molar-refractivity contribution is 0.0742. The highest BCUT2D eigenvalue weighted by Crippen LogP contribution is 2.24. The van der Waals surface area contributed by atoms with Crippen LogP contribution in [0.1, 0.15) is 49.3 Å². The topological polar surface area (TPSA) is 80.1 Å². The Labute approximate surface area is 169 Å². The van der Waals surface area contributed by atoms with E-state index in [-0.39, 0.29) is 23.6 Å². The lowest BCUT2D eigenvalue weighted by Gasteiger charge is -2.22. The summed E-state index contributed by atoms with van der Waals surface area (Å²) in [6.45, 7) is 5.26. The molecule has 7 heteroatoms. The molecule has 1 N–H and O–H groups in total. The van der Waals surface area contributed by atoms with E-state index in [1.165, 1.54) is 5.56 Å². The number of hydrogen-bond donors (Lipinski definition) is 1. The molecule has 1 atom stereocenters. The molecule has 0 spiro atoms. The van der Waals surface area contributed by atoms with E-state index in [2.05, 4.69) is 28.4 Å². The van der Waals surface area contributed by atoms with Crippen LogP contribution in [0.3, 0.4) is 0 Å². The first kappa shape index (κ1) is 18.9. The van der Waals surface area contributed by atoms with Gasteiger partial charge in [-0.2, -0.15) is 5.10 Å². The third kappa shape index (κ3) is 3.63. The Bertz CT molecular complexity index is 1070. The molecule has 1 aliphatic rings. The quantitative estimate of drug-likeness (QED) is 0.744. The Kier molecular flexibility index (Phi) is 4.88. The molecule has 2 aromatic heterocycles. The maximum absolute atomic E-state index is 13.0. The number of amides is 2. The number of hydrogen-bond acceptors (Lipinski definition) is 4. The number of benzene rings is 1. The maximum atomic E-state index is 13.0. The van der Waals surface area contributed by atoms with E-state index in [4.69, 9.17) is 0 Å². The second-order valence-electron chi connectivity index (χ2n) is 7.40. The summed E-state index contributed by atoms with van der Waals surface area (Å²) in [5.74, 6) is -0.449. The summed E-state index contributed by atoms with van der Waals surface area (Å²) in [4.78, 5) is 31.2. The smallest absolute Gasteiger partial charge is 0.272 e. The predicted molar refractivity (Wildman–Crippen MR) is 109 cm³/mol. The zero-order valence-corrected chi connectivity index (χ0v) is 16.7. The van der Waals surface area contributed by atoms with Gasteiger partial charge in [-0.05, 0) is 42.2 Å². The number of rotatable bonds is 4. The zero-order chi connectivity index (χ0) is 20.5. The number of carbonyl (C=O) groups excluding carboxylic acids is 2. The standard InChI is InChI=1S/C22H23N5O2/c1-14-6-7-16(11-15(14)2)20(17-5-4-8-23-13-17)24-21(28)18-12-19-22(29)26(3)9-10-27(19)25-18/h4-8,11-13,20H,9-10H2,1-3H3,(H,24,28). The van der Waals surface area contributed by atoms with Gasteiger partial charge in [-0.25, -0.2) is 0 Å². The van der Waals surface area contributed by atoms with E-state index >= 15 is 0 Å². The Hall–Kier alpha value is -3.48. The fraction of sp³-hybridized carbons (Fsp3) is 0.273. The van der Waals surface area contributed by atoms with Crippen molar-refractivity contribution in [1.29, 1.82) is 0 Å². The average molecular weight is 389 g/mol. The number of pyridine rings is 1. The lowest BCUT2D eigenvalue weighted by Crippen LogP contribution is -2.37. The summed E-state index contributed by atoms with van der Waals surface area (Å²) >= 11 is 0. The summed E-state index contributed by atoms with van der Waals surface area (Å²) < 4.78 is 1.60. The van der Waals surface area contributed by atoms with Crippen molar-refractivity contribution in [2.45, 2.75) is 26.4 Å². The molecule has 4 rings (SSSR count). The predicted octanol–water partition coefficient (Wildman–Crippen LogP) is 2.50. The van der Waals surface area contributed by atoms with Crippen LogP contribution in [0.5, 0.6) is 0 Å². The third-order valence-corrected chi connectivity index (χ3v) is 5.38. The Morgan fingerprint density at radius 2 is 1.93 bits per heavy atom. The summed E-state index contributed by atoms with van der Waals surface area (Å²) in [6.07, 6.45) is 3.45. The molecule has 7 nitrogen and oxygen atoms in total. The Balaban J connectivity index is 1.66. The Morgan fingerprint density at radius 3 is 2.66 bits per heavy atom. The minimum Gasteiger partial charge on any atom is -0.340 e. The van der Waals surface area contributed by atoms with E-state index in [1.807, 2.05) is 31.2 Å². The monoisotopic (exact) mass is 389 g/mol. The van der Waals surface area contributed by atoms with Gasteiger partial charge in [-0.1, -0.05) is 24.3 Å². The highest BCUT2D eigenvalue weighted by atomic mass is 16.2. The first-order valence-electron chi connectivity index (χ1n) is 9.55. The fourth-order valence-corrected chi connectivity index (χ4v) is 3.47. The molecule has 2 amide bonds. The van der Waals surface area contributed by atoms with Gasteiger partial charge < -0.3 is 10.2 Å². The van der Waals surface area contributed by atoms with Gasteiger partial charge in [-0.3, -0.25) is 19.3 Å². The van der Waals surface area contributed by atoms with Gasteiger partial charge in [0.15, 0.2) is 5.69 Å². The van der Waals surface area contributed by atoms with Gasteiger partial charge in [-0.15, -0.1) is 0 Å². The Morgan fingerprint density at radius 1 is 1.10 bits per heavy atom. The van der Waals surface area contributed by atoms with E-state index < -0.39 is 0 Å². The van der Waals surface area contributed by atoms with E-state index in [0.29, 0.717) is 18.8 Å². The molecule has 0 aliphatic carbocycles. The number of nitrogens with zero attached hydrogens (tertiary/aromatic N) is 4. The van der Waals surface area contributed by atoms with Crippen molar-refractivity contribution < 1.29 is 9.59 Å². The van der Waals surface area contributed by atoms with Gasteiger partial charge >= 0.3 is 0 Å². The minimum absolute atomic E-state index is 0.124. The van der Waals surface area contributed by atoms with E-state index in [9.17, 15) is 9.59 Å². The van der Waals surface area contributed by atoms with Crippen molar-refractivity contribution >= 4 is 11.8 Å². The van der Waals surface area contributed by atoms with Gasteiger partial charge in [0.1, 0.15) is 5.69 Å². The number of fused-ring (bicyclic) bond motifs is 1. The molecule has 0 saturated heterocycles. The highest BCUT2D eigenvalue weighted by Gasteiger charge is 2.27. The molecule has 0 fully saturated rings. The average Bonchev–Trinajstić information content (AvgIpc) is 3.17. The number of carbonyl (C=O) groups is 2. The summed E-state index contributed by atoms with van der Waals surface area (Å²) in [6, 6.07) is 11.1. The van der Waals surface area contributed by atoms with E-state index in [0.717, 1.165) is 16.7 Å². The minimum atomic E-state index is -0.368. The fourth-order valence-electron chi connectivity index (χ4n) is 3.47. The van der Waals surface area contributed by atoms with Crippen molar-refractivity contribution in [3.05, 3.63) is 82.4 Å². The third-order valence-electron chi connectivity index (χ3n) is 5.38. The van der Waals surface area contributed by atoms with Crippen LogP contribution < -0.4 is 5.32 Å². The largest absolute Gasteiger partial charge is 0.340 e. The normalized spacial score (nSPS) is 14.4. The molecular formula is C22H23N5O2. The first-order chi connectivity index (χ1) is 13.9. The van der Waals surface area contributed by atoms with Crippen LogP contribution in [0.2, 0.25) is 0 Å². The molecule has 1 unspecified atom stereocenters. The number of aromatic nitrogens is 3. The second kappa shape index (κ2) is 7.50. The van der Waals surface area contributed by atoms with Gasteiger partial charge in [0, 0.05) is 32.1 Å². The maximum Gasteiger partial charge on any atom is 0.272 e. The van der Waals surface area contributed by atoms with Crippen molar-refractivity contribution in [2.75, 3.05) is 13.6 Å². The first-order valence-corrected chi connectivity index (χ1v) is 9.55. The second-order valence-corrected chi connectivity index (χ2v) is 7.40. The molecule has 0 bridgehead atoms.